The molecule has 0 aliphatic carbocycles. The third-order valence-corrected chi connectivity index (χ3v) is 1.90. The van der Waals surface area contributed by atoms with E-state index in [2.05, 4.69) is 5.32 Å². The highest BCUT2D eigenvalue weighted by atomic mass is 16.6. The van der Waals surface area contributed by atoms with Gasteiger partial charge in [0, 0.05) is 18.7 Å². The van der Waals surface area contributed by atoms with E-state index in [1.807, 2.05) is 0 Å². The number of carbonyl (C=O) groups is 1. The molecule has 0 spiro atoms. The first-order valence-electron chi connectivity index (χ1n) is 4.84. The van der Waals surface area contributed by atoms with Gasteiger partial charge in [-0.2, -0.15) is 0 Å². The quantitative estimate of drug-likeness (QED) is 0.477. The van der Waals surface area contributed by atoms with Gasteiger partial charge in [-0.05, 0) is 19.1 Å². The van der Waals surface area contributed by atoms with Crippen LogP contribution in [0.25, 0.3) is 6.08 Å². The van der Waals surface area contributed by atoms with E-state index in [4.69, 9.17) is 0 Å². The smallest absolute Gasteiger partial charge is 0.276 e. The molecule has 16 heavy (non-hydrogen) atoms. The molecule has 0 saturated carbocycles. The van der Waals surface area contributed by atoms with Crippen LogP contribution < -0.4 is 5.32 Å². The van der Waals surface area contributed by atoms with Crippen LogP contribution in [0.3, 0.4) is 0 Å². The summed E-state index contributed by atoms with van der Waals surface area (Å²) in [5, 5.41) is 13.2. The number of benzene rings is 1. The molecule has 0 heterocycles. The third-order valence-electron chi connectivity index (χ3n) is 1.90. The molecule has 1 aromatic carbocycles. The van der Waals surface area contributed by atoms with Crippen molar-refractivity contribution in [1.82, 2.24) is 5.32 Å². The van der Waals surface area contributed by atoms with Crippen molar-refractivity contribution in [2.24, 2.45) is 0 Å². The highest BCUT2D eigenvalue weighted by Crippen LogP contribution is 2.18. The molecule has 1 aromatic rings. The zero-order chi connectivity index (χ0) is 12.0. The molecule has 0 unspecified atom stereocenters. The second-order valence-electron chi connectivity index (χ2n) is 3.04. The monoisotopic (exact) mass is 220 g/mol. The van der Waals surface area contributed by atoms with E-state index in [1.165, 1.54) is 18.2 Å². The third kappa shape index (κ3) is 3.20. The molecule has 5 heteroatoms. The SMILES string of the molecule is CCNC(=O)/C=C/c1ccccc1[N+](=O)[O-]. The Labute approximate surface area is 92.9 Å². The van der Waals surface area contributed by atoms with Crippen molar-refractivity contribution in [1.29, 1.82) is 0 Å². The first-order valence-corrected chi connectivity index (χ1v) is 4.84. The average Bonchev–Trinajstić information content (AvgIpc) is 2.27. The largest absolute Gasteiger partial charge is 0.353 e. The summed E-state index contributed by atoms with van der Waals surface area (Å²) >= 11 is 0. The van der Waals surface area contributed by atoms with E-state index < -0.39 is 4.92 Å². The molecule has 5 nitrogen and oxygen atoms in total. The molecule has 0 saturated heterocycles. The maximum Gasteiger partial charge on any atom is 0.276 e. The van der Waals surface area contributed by atoms with Crippen LogP contribution in [0.15, 0.2) is 30.3 Å². The summed E-state index contributed by atoms with van der Waals surface area (Å²) < 4.78 is 0. The highest BCUT2D eigenvalue weighted by Gasteiger charge is 2.09. The summed E-state index contributed by atoms with van der Waals surface area (Å²) in [7, 11) is 0. The van der Waals surface area contributed by atoms with E-state index in [0.29, 0.717) is 12.1 Å². The van der Waals surface area contributed by atoms with Crippen molar-refractivity contribution in [3.8, 4) is 0 Å². The van der Waals surface area contributed by atoms with Crippen LogP contribution >= 0.6 is 0 Å². The first-order chi connectivity index (χ1) is 7.65. The molecule has 0 bridgehead atoms. The summed E-state index contributed by atoms with van der Waals surface area (Å²) in [5.41, 5.74) is 0.404. The summed E-state index contributed by atoms with van der Waals surface area (Å²) in [5.74, 6) is -0.263. The van der Waals surface area contributed by atoms with Crippen LogP contribution in [0.5, 0.6) is 0 Å². The van der Waals surface area contributed by atoms with Gasteiger partial charge in [0.2, 0.25) is 5.91 Å². The van der Waals surface area contributed by atoms with Crippen molar-refractivity contribution in [3.63, 3.8) is 0 Å². The number of hydrogen-bond donors (Lipinski definition) is 1. The zero-order valence-electron chi connectivity index (χ0n) is 8.84. The van der Waals surface area contributed by atoms with E-state index in [0.717, 1.165) is 0 Å². The molecule has 0 fully saturated rings. The Balaban J connectivity index is 2.88. The van der Waals surface area contributed by atoms with Gasteiger partial charge in [-0.15, -0.1) is 0 Å². The topological polar surface area (TPSA) is 72.2 Å². The van der Waals surface area contributed by atoms with E-state index >= 15 is 0 Å². The Hall–Kier alpha value is -2.17. The van der Waals surface area contributed by atoms with Crippen molar-refractivity contribution in [2.45, 2.75) is 6.92 Å². The maximum absolute atomic E-state index is 11.1. The van der Waals surface area contributed by atoms with Crippen molar-refractivity contribution < 1.29 is 9.72 Å². The Morgan fingerprint density at radius 1 is 1.50 bits per heavy atom. The summed E-state index contributed by atoms with van der Waals surface area (Å²) in [6.07, 6.45) is 2.72. The second kappa shape index (κ2) is 5.65. The number of likely N-dealkylation sites (N-methyl/N-ethyl adjacent to an activating group) is 1. The molecule has 0 atom stereocenters. The van der Waals surface area contributed by atoms with Crippen LogP contribution in [-0.2, 0) is 4.79 Å². The summed E-state index contributed by atoms with van der Waals surface area (Å²) in [6.45, 7) is 2.33. The molecule has 0 aromatic heterocycles. The van der Waals surface area contributed by atoms with Gasteiger partial charge in [-0.25, -0.2) is 0 Å². The fourth-order valence-electron chi connectivity index (χ4n) is 1.19. The standard InChI is InChI=1S/C11H12N2O3/c1-2-12-11(14)8-7-9-5-3-4-6-10(9)13(15)16/h3-8H,2H2,1H3,(H,12,14)/b8-7+. The van der Waals surface area contributed by atoms with Gasteiger partial charge in [0.1, 0.15) is 0 Å². The number of para-hydroxylation sites is 1. The van der Waals surface area contributed by atoms with E-state index in [9.17, 15) is 14.9 Å². The van der Waals surface area contributed by atoms with Gasteiger partial charge in [0.25, 0.3) is 5.69 Å². The van der Waals surface area contributed by atoms with Crippen LogP contribution in [-0.4, -0.2) is 17.4 Å². The van der Waals surface area contributed by atoms with Crippen molar-refractivity contribution in [3.05, 3.63) is 46.0 Å². The van der Waals surface area contributed by atoms with Gasteiger partial charge in [-0.1, -0.05) is 12.1 Å². The van der Waals surface area contributed by atoms with Crippen molar-refractivity contribution in [2.75, 3.05) is 6.54 Å². The fraction of sp³-hybridized carbons (Fsp3) is 0.182. The number of carbonyl (C=O) groups excluding carboxylic acids is 1. The van der Waals surface area contributed by atoms with E-state index in [1.54, 1.807) is 25.1 Å². The molecule has 1 N–H and O–H groups in total. The molecular weight excluding hydrogens is 208 g/mol. The highest BCUT2D eigenvalue weighted by molar-refractivity contribution is 5.92. The number of nitrogens with zero attached hydrogens (tertiary/aromatic N) is 1. The normalized spacial score (nSPS) is 10.3. The molecule has 0 aliphatic heterocycles. The molecular formula is C11H12N2O3. The van der Waals surface area contributed by atoms with Crippen molar-refractivity contribution >= 4 is 17.7 Å². The molecule has 0 radical (unpaired) electrons. The number of nitro benzene ring substituents is 1. The first kappa shape index (κ1) is 11.9. The lowest BCUT2D eigenvalue weighted by Gasteiger charge is -1.97. The Bertz CT molecular complexity index is 427. The van der Waals surface area contributed by atoms with Gasteiger partial charge in [-0.3, -0.25) is 14.9 Å². The molecule has 0 aliphatic rings. The van der Waals surface area contributed by atoms with Crippen LogP contribution in [0.1, 0.15) is 12.5 Å². The predicted octanol–water partition coefficient (Wildman–Crippen LogP) is 1.74. The number of hydrogen-bond acceptors (Lipinski definition) is 3. The minimum atomic E-state index is -0.475. The zero-order valence-corrected chi connectivity index (χ0v) is 8.84. The lowest BCUT2D eigenvalue weighted by Crippen LogP contribution is -2.19. The van der Waals surface area contributed by atoms with Gasteiger partial charge >= 0.3 is 0 Å². The summed E-state index contributed by atoms with van der Waals surface area (Å²) in [4.78, 5) is 21.3. The fourth-order valence-corrected chi connectivity index (χ4v) is 1.19. The van der Waals surface area contributed by atoms with Gasteiger partial charge in [0.15, 0.2) is 0 Å². The number of amides is 1. The maximum atomic E-state index is 11.1. The second-order valence-corrected chi connectivity index (χ2v) is 3.04. The summed E-state index contributed by atoms with van der Waals surface area (Å²) in [6, 6.07) is 6.26. The minimum absolute atomic E-state index is 0.0111. The molecule has 84 valence electrons. The molecule has 1 rings (SSSR count). The number of nitro groups is 1. The van der Waals surface area contributed by atoms with Crippen LogP contribution in [0.2, 0.25) is 0 Å². The number of nitrogens with one attached hydrogen (secondary N) is 1. The molecule has 1 amide bonds. The lowest BCUT2D eigenvalue weighted by molar-refractivity contribution is -0.385. The van der Waals surface area contributed by atoms with Gasteiger partial charge in [0.05, 0.1) is 10.5 Å². The lowest BCUT2D eigenvalue weighted by atomic mass is 10.1. The number of rotatable bonds is 4. The van der Waals surface area contributed by atoms with E-state index in [-0.39, 0.29) is 11.6 Å². The Kier molecular flexibility index (Phi) is 4.20. The predicted molar refractivity (Wildman–Crippen MR) is 60.8 cm³/mol. The average molecular weight is 220 g/mol. The van der Waals surface area contributed by atoms with Crippen LogP contribution in [0, 0.1) is 10.1 Å². The Morgan fingerprint density at radius 3 is 2.81 bits per heavy atom. The minimum Gasteiger partial charge on any atom is -0.353 e. The Morgan fingerprint density at radius 2 is 2.19 bits per heavy atom. The van der Waals surface area contributed by atoms with Gasteiger partial charge < -0.3 is 5.32 Å². The van der Waals surface area contributed by atoms with Crippen LogP contribution in [0.4, 0.5) is 5.69 Å².